The Bertz CT molecular complexity index is 676. The van der Waals surface area contributed by atoms with Crippen LogP contribution in [0, 0.1) is 6.92 Å². The highest BCUT2D eigenvalue weighted by atomic mass is 32.2. The molecule has 0 aliphatic rings. The molecule has 6 heteroatoms. The van der Waals surface area contributed by atoms with E-state index in [1.807, 2.05) is 6.92 Å². The van der Waals surface area contributed by atoms with Gasteiger partial charge in [-0.05, 0) is 62.2 Å². The topological polar surface area (TPSA) is 75.7 Å². The molecule has 0 spiro atoms. The highest BCUT2D eigenvalue weighted by Gasteiger charge is 2.37. The van der Waals surface area contributed by atoms with Crippen LogP contribution in [0.15, 0.2) is 27.1 Å². The zero-order valence-corrected chi connectivity index (χ0v) is 16.8. The first-order valence-electron chi connectivity index (χ1n) is 7.47. The Kier molecular flexibility index (Phi) is 5.05. The number of rotatable bonds is 3. The molecule has 1 rings (SSSR count). The summed E-state index contributed by atoms with van der Waals surface area (Å²) in [6, 6.07) is 5.30. The van der Waals surface area contributed by atoms with Gasteiger partial charge in [-0.2, -0.15) is 0 Å². The maximum Gasteiger partial charge on any atom is 0.195 e. The third kappa shape index (κ3) is 4.19. The Hall–Kier alpha value is -0.693. The van der Waals surface area contributed by atoms with Gasteiger partial charge in [0.15, 0.2) is 8.24 Å². The average Bonchev–Trinajstić information content (AvgIpc) is 2.23. The molecule has 0 radical (unpaired) electrons. The van der Waals surface area contributed by atoms with Crippen molar-refractivity contribution in [3.05, 3.63) is 29.3 Å². The fraction of sp³-hybridized carbons (Fsp3) is 0.625. The fourth-order valence-corrected chi connectivity index (χ4v) is 6.87. The second-order valence-corrected chi connectivity index (χ2v) is 15.0. The van der Waals surface area contributed by atoms with Gasteiger partial charge in [0.1, 0.15) is 9.92 Å². The van der Waals surface area contributed by atoms with Gasteiger partial charge in [-0.15, -0.1) is 0 Å². The SMILES string of the molecule is Cc1cc(S(N)(=O)=N[Si](C)(C)C(C)(C)C)ccc1C(C)(C)O. The lowest BCUT2D eigenvalue weighted by Crippen LogP contribution is -2.37. The molecule has 1 aromatic carbocycles. The van der Waals surface area contributed by atoms with Crippen molar-refractivity contribution in [2.24, 2.45) is 9.17 Å². The van der Waals surface area contributed by atoms with Gasteiger partial charge in [-0.25, -0.2) is 9.35 Å². The zero-order chi connectivity index (χ0) is 17.6. The van der Waals surface area contributed by atoms with Crippen LogP contribution in [-0.2, 0) is 15.5 Å². The number of hydrogen-bond acceptors (Lipinski definition) is 3. The van der Waals surface area contributed by atoms with Crippen molar-refractivity contribution in [2.45, 2.75) is 70.2 Å². The maximum absolute atomic E-state index is 12.9. The third-order valence-electron chi connectivity index (χ3n) is 4.39. The average molecular weight is 343 g/mol. The Labute approximate surface area is 136 Å². The number of aliphatic hydroxyl groups is 1. The molecule has 1 atom stereocenters. The highest BCUT2D eigenvalue weighted by molar-refractivity contribution is 7.92. The van der Waals surface area contributed by atoms with Gasteiger partial charge in [0, 0.05) is 0 Å². The normalized spacial score (nSPS) is 16.3. The molecule has 126 valence electrons. The van der Waals surface area contributed by atoms with E-state index >= 15 is 0 Å². The number of benzene rings is 1. The Morgan fingerprint density at radius 1 is 1.18 bits per heavy atom. The summed E-state index contributed by atoms with van der Waals surface area (Å²) >= 11 is 0. The quantitative estimate of drug-likeness (QED) is 0.817. The van der Waals surface area contributed by atoms with Crippen LogP contribution in [0.4, 0.5) is 0 Å². The van der Waals surface area contributed by atoms with E-state index in [9.17, 15) is 9.32 Å². The minimum absolute atomic E-state index is 0.0168. The molecule has 3 N–H and O–H groups in total. The largest absolute Gasteiger partial charge is 0.386 e. The van der Waals surface area contributed by atoms with E-state index in [0.717, 1.165) is 11.1 Å². The van der Waals surface area contributed by atoms with Gasteiger partial charge < -0.3 is 5.11 Å². The van der Waals surface area contributed by atoms with Crippen molar-refractivity contribution < 1.29 is 9.32 Å². The minimum atomic E-state index is -2.93. The fourth-order valence-electron chi connectivity index (χ4n) is 2.03. The van der Waals surface area contributed by atoms with E-state index in [1.165, 1.54) is 0 Å². The third-order valence-corrected chi connectivity index (χ3v) is 11.9. The zero-order valence-electron chi connectivity index (χ0n) is 15.0. The highest BCUT2D eigenvalue weighted by Crippen LogP contribution is 2.38. The van der Waals surface area contributed by atoms with E-state index in [4.69, 9.17) is 5.14 Å². The Balaban J connectivity index is 3.43. The van der Waals surface area contributed by atoms with Crippen LogP contribution in [0.3, 0.4) is 0 Å². The second kappa shape index (κ2) is 5.74. The second-order valence-electron chi connectivity index (χ2n) is 8.00. The molecule has 0 aliphatic carbocycles. The van der Waals surface area contributed by atoms with Gasteiger partial charge in [0.25, 0.3) is 0 Å². The van der Waals surface area contributed by atoms with Crippen molar-refractivity contribution in [3.8, 4) is 0 Å². The van der Waals surface area contributed by atoms with Crippen LogP contribution < -0.4 is 5.14 Å². The van der Waals surface area contributed by atoms with Crippen LogP contribution in [0.5, 0.6) is 0 Å². The monoisotopic (exact) mass is 342 g/mol. The molecule has 4 nitrogen and oxygen atoms in total. The van der Waals surface area contributed by atoms with Crippen molar-refractivity contribution in [2.75, 3.05) is 0 Å². The molecular weight excluding hydrogens is 312 g/mol. The van der Waals surface area contributed by atoms with Crippen LogP contribution in [0.1, 0.15) is 45.7 Å². The molecule has 0 saturated carbocycles. The van der Waals surface area contributed by atoms with Gasteiger partial charge >= 0.3 is 0 Å². The van der Waals surface area contributed by atoms with E-state index < -0.39 is 23.8 Å². The van der Waals surface area contributed by atoms with Crippen LogP contribution in [0.2, 0.25) is 18.1 Å². The van der Waals surface area contributed by atoms with Crippen molar-refractivity contribution in [1.29, 1.82) is 0 Å². The van der Waals surface area contributed by atoms with Gasteiger partial charge in [0.05, 0.1) is 10.5 Å². The van der Waals surface area contributed by atoms with Crippen LogP contribution >= 0.6 is 0 Å². The summed E-state index contributed by atoms with van der Waals surface area (Å²) in [5.41, 5.74) is 0.738. The van der Waals surface area contributed by atoms with Crippen LogP contribution in [0.25, 0.3) is 0 Å². The standard InChI is InChI=1S/C16H30N2O2SSi/c1-12-11-13(9-10-14(12)16(5,6)19)21(17,20)18-22(7,8)15(2,3)4/h9-11,19H,1-8H3,(H2,17,18,20). The van der Waals surface area contributed by atoms with Crippen molar-refractivity contribution in [3.63, 3.8) is 0 Å². The predicted molar refractivity (Wildman–Crippen MR) is 96.6 cm³/mol. The van der Waals surface area contributed by atoms with E-state index in [-0.39, 0.29) is 5.04 Å². The van der Waals surface area contributed by atoms with Gasteiger partial charge in [-0.1, -0.05) is 26.8 Å². The molecule has 1 unspecified atom stereocenters. The van der Waals surface area contributed by atoms with E-state index in [2.05, 4.69) is 37.9 Å². The lowest BCUT2D eigenvalue weighted by atomic mass is 9.94. The maximum atomic E-state index is 12.9. The predicted octanol–water partition coefficient (Wildman–Crippen LogP) is 3.93. The molecule has 0 heterocycles. The first-order chi connectivity index (χ1) is 9.58. The minimum Gasteiger partial charge on any atom is -0.386 e. The van der Waals surface area contributed by atoms with E-state index in [1.54, 1.807) is 32.0 Å². The summed E-state index contributed by atoms with van der Waals surface area (Å²) in [6.07, 6.45) is 0. The van der Waals surface area contributed by atoms with Crippen molar-refractivity contribution in [1.82, 2.24) is 0 Å². The van der Waals surface area contributed by atoms with Crippen LogP contribution in [-0.4, -0.2) is 17.6 Å². The summed E-state index contributed by atoms with van der Waals surface area (Å²) in [4.78, 5) is 0.530. The smallest absolute Gasteiger partial charge is 0.195 e. The molecule has 0 amide bonds. The summed E-state index contributed by atoms with van der Waals surface area (Å²) < 4.78 is 17.5. The first kappa shape index (κ1) is 19.4. The molecule has 0 fully saturated rings. The Morgan fingerprint density at radius 3 is 2.05 bits per heavy atom. The summed E-state index contributed by atoms with van der Waals surface area (Å²) in [6.45, 7) is 15.8. The molecule has 1 aromatic rings. The molecule has 22 heavy (non-hydrogen) atoms. The number of nitrogens with two attached hydrogens (primary N) is 1. The number of nitrogens with zero attached hydrogens (tertiary/aromatic N) is 1. The van der Waals surface area contributed by atoms with Gasteiger partial charge in [0.2, 0.25) is 0 Å². The molecule has 0 aliphatic heterocycles. The molecular formula is C16H30N2O2SSi. The lowest BCUT2D eigenvalue weighted by molar-refractivity contribution is 0.0778. The van der Waals surface area contributed by atoms with E-state index in [0.29, 0.717) is 4.90 Å². The molecule has 0 aromatic heterocycles. The summed E-state index contributed by atoms with van der Waals surface area (Å²) in [7, 11) is -5.05. The van der Waals surface area contributed by atoms with Crippen molar-refractivity contribution >= 4 is 18.2 Å². The van der Waals surface area contributed by atoms with Gasteiger partial charge in [-0.3, -0.25) is 4.03 Å². The first-order valence-corrected chi connectivity index (χ1v) is 12.0. The number of aryl methyl sites for hydroxylation is 1. The molecule has 0 bridgehead atoms. The summed E-state index contributed by atoms with van der Waals surface area (Å²) in [5.74, 6) is 0. The number of hydrogen-bond donors (Lipinski definition) is 2. The molecule has 0 saturated heterocycles. The summed E-state index contributed by atoms with van der Waals surface area (Å²) in [5, 5.41) is 16.2. The Morgan fingerprint density at radius 2 is 1.68 bits per heavy atom. The lowest BCUT2D eigenvalue weighted by Gasteiger charge is -2.32.